The third-order valence-electron chi connectivity index (χ3n) is 4.23. The molecular weight excluding hydrogens is 361 g/mol. The average molecular weight is 378 g/mol. The van der Waals surface area contributed by atoms with E-state index in [1.165, 1.54) is 16.7 Å². The molecular formula is C19H17F3N2O3. The van der Waals surface area contributed by atoms with Gasteiger partial charge in [0.05, 0.1) is 17.1 Å². The third-order valence-corrected chi connectivity index (χ3v) is 4.23. The van der Waals surface area contributed by atoms with Gasteiger partial charge < -0.3 is 9.73 Å². The molecule has 2 aromatic carbocycles. The molecule has 0 aliphatic heterocycles. The molecule has 3 rings (SSSR count). The molecule has 0 saturated carbocycles. The van der Waals surface area contributed by atoms with Crippen LogP contribution in [0.1, 0.15) is 30.5 Å². The van der Waals surface area contributed by atoms with Crippen LogP contribution in [0.4, 0.5) is 13.2 Å². The number of carbonyl (C=O) groups excluding carboxylic acids is 1. The Morgan fingerprint density at radius 1 is 1.19 bits per heavy atom. The number of para-hydroxylation sites is 2. The van der Waals surface area contributed by atoms with Crippen molar-refractivity contribution in [3.8, 4) is 0 Å². The second kappa shape index (κ2) is 7.30. The second-order valence-electron chi connectivity index (χ2n) is 6.15. The summed E-state index contributed by atoms with van der Waals surface area (Å²) < 4.78 is 44.9. The molecule has 1 unspecified atom stereocenters. The van der Waals surface area contributed by atoms with Gasteiger partial charge in [-0.3, -0.25) is 9.36 Å². The van der Waals surface area contributed by atoms with Crippen LogP contribution in [-0.4, -0.2) is 10.5 Å². The normalized spacial score (nSPS) is 12.9. The highest BCUT2D eigenvalue weighted by Gasteiger charge is 2.30. The van der Waals surface area contributed by atoms with Crippen molar-refractivity contribution in [2.45, 2.75) is 32.1 Å². The van der Waals surface area contributed by atoms with E-state index in [0.29, 0.717) is 16.7 Å². The van der Waals surface area contributed by atoms with E-state index in [2.05, 4.69) is 5.32 Å². The highest BCUT2D eigenvalue weighted by molar-refractivity contribution is 5.77. The predicted octanol–water partition coefficient (Wildman–Crippen LogP) is 3.88. The van der Waals surface area contributed by atoms with E-state index < -0.39 is 23.5 Å². The molecule has 1 atom stereocenters. The fourth-order valence-electron chi connectivity index (χ4n) is 2.82. The van der Waals surface area contributed by atoms with Crippen LogP contribution in [0.5, 0.6) is 0 Å². The standard InChI is InChI=1S/C19H17F3N2O3/c1-12(13-5-4-6-14(11-13)19(20,21)22)23-17(25)9-10-24-15-7-2-3-8-16(15)27-18(24)26/h2-8,11-12H,9-10H2,1H3,(H,23,25). The lowest BCUT2D eigenvalue weighted by atomic mass is 10.0. The summed E-state index contributed by atoms with van der Waals surface area (Å²) >= 11 is 0. The van der Waals surface area contributed by atoms with Gasteiger partial charge in [0.15, 0.2) is 5.58 Å². The number of alkyl halides is 3. The van der Waals surface area contributed by atoms with Crippen molar-refractivity contribution in [3.05, 3.63) is 70.2 Å². The van der Waals surface area contributed by atoms with Gasteiger partial charge in [-0.15, -0.1) is 0 Å². The Morgan fingerprint density at radius 2 is 1.93 bits per heavy atom. The fourth-order valence-corrected chi connectivity index (χ4v) is 2.82. The lowest BCUT2D eigenvalue weighted by Crippen LogP contribution is -2.28. The van der Waals surface area contributed by atoms with E-state index in [9.17, 15) is 22.8 Å². The number of nitrogens with one attached hydrogen (secondary N) is 1. The van der Waals surface area contributed by atoms with Crippen LogP contribution in [0, 0.1) is 0 Å². The average Bonchev–Trinajstić information content (AvgIpc) is 2.94. The molecule has 1 aromatic heterocycles. The Kier molecular flexibility index (Phi) is 5.07. The molecule has 8 heteroatoms. The minimum Gasteiger partial charge on any atom is -0.408 e. The topological polar surface area (TPSA) is 64.2 Å². The minimum absolute atomic E-state index is 0.00721. The van der Waals surface area contributed by atoms with E-state index in [1.54, 1.807) is 31.2 Å². The third kappa shape index (κ3) is 4.21. The highest BCUT2D eigenvalue weighted by atomic mass is 19.4. The van der Waals surface area contributed by atoms with Crippen LogP contribution < -0.4 is 11.1 Å². The summed E-state index contributed by atoms with van der Waals surface area (Å²) in [5, 5.41) is 2.65. The number of nitrogens with zero attached hydrogens (tertiary/aromatic N) is 1. The summed E-state index contributed by atoms with van der Waals surface area (Å²) in [5.41, 5.74) is 0.600. The van der Waals surface area contributed by atoms with Gasteiger partial charge in [-0.25, -0.2) is 4.79 Å². The lowest BCUT2D eigenvalue weighted by molar-refractivity contribution is -0.137. The first-order valence-corrected chi connectivity index (χ1v) is 8.30. The van der Waals surface area contributed by atoms with E-state index in [-0.39, 0.29) is 18.9 Å². The smallest absolute Gasteiger partial charge is 0.408 e. The van der Waals surface area contributed by atoms with Crippen molar-refractivity contribution < 1.29 is 22.4 Å². The largest absolute Gasteiger partial charge is 0.419 e. The van der Waals surface area contributed by atoms with Crippen LogP contribution in [-0.2, 0) is 17.5 Å². The Labute approximate surface area is 152 Å². The van der Waals surface area contributed by atoms with E-state index in [0.717, 1.165) is 12.1 Å². The first-order valence-electron chi connectivity index (χ1n) is 8.30. The van der Waals surface area contributed by atoms with Crippen molar-refractivity contribution in [2.24, 2.45) is 0 Å². The number of hydrogen-bond acceptors (Lipinski definition) is 3. The first kappa shape index (κ1) is 18.8. The van der Waals surface area contributed by atoms with Gasteiger partial charge in [0.25, 0.3) is 0 Å². The van der Waals surface area contributed by atoms with Gasteiger partial charge in [0.1, 0.15) is 0 Å². The Balaban J connectivity index is 1.65. The van der Waals surface area contributed by atoms with Crippen LogP contribution in [0.25, 0.3) is 11.1 Å². The van der Waals surface area contributed by atoms with Gasteiger partial charge in [0, 0.05) is 13.0 Å². The summed E-state index contributed by atoms with van der Waals surface area (Å²) in [5.74, 6) is -0.938. The number of amides is 1. The number of benzene rings is 2. The van der Waals surface area contributed by atoms with Gasteiger partial charge in [-0.05, 0) is 36.8 Å². The van der Waals surface area contributed by atoms with Crippen molar-refractivity contribution >= 4 is 17.0 Å². The molecule has 0 fully saturated rings. The number of aryl methyl sites for hydroxylation is 1. The molecule has 0 radical (unpaired) electrons. The van der Waals surface area contributed by atoms with Crippen LogP contribution >= 0.6 is 0 Å². The molecule has 1 amide bonds. The number of fused-ring (bicyclic) bond motifs is 1. The molecule has 142 valence electrons. The maximum absolute atomic E-state index is 12.8. The van der Waals surface area contributed by atoms with E-state index >= 15 is 0 Å². The van der Waals surface area contributed by atoms with Crippen molar-refractivity contribution in [1.29, 1.82) is 0 Å². The molecule has 0 saturated heterocycles. The first-order chi connectivity index (χ1) is 12.8. The SMILES string of the molecule is CC(NC(=O)CCn1c(=O)oc2ccccc21)c1cccc(C(F)(F)F)c1. The summed E-state index contributed by atoms with van der Waals surface area (Å²) in [6.07, 6.45) is -4.45. The van der Waals surface area contributed by atoms with Gasteiger partial charge >= 0.3 is 11.9 Å². The van der Waals surface area contributed by atoms with Crippen LogP contribution in [0.2, 0.25) is 0 Å². The van der Waals surface area contributed by atoms with Crippen molar-refractivity contribution in [1.82, 2.24) is 9.88 Å². The van der Waals surface area contributed by atoms with Gasteiger partial charge in [-0.2, -0.15) is 13.2 Å². The molecule has 1 heterocycles. The zero-order valence-electron chi connectivity index (χ0n) is 14.4. The molecule has 0 spiro atoms. The van der Waals surface area contributed by atoms with Crippen molar-refractivity contribution in [3.63, 3.8) is 0 Å². The maximum Gasteiger partial charge on any atom is 0.419 e. The van der Waals surface area contributed by atoms with E-state index in [4.69, 9.17) is 4.42 Å². The van der Waals surface area contributed by atoms with Crippen LogP contribution in [0.3, 0.4) is 0 Å². The van der Waals surface area contributed by atoms with Gasteiger partial charge in [-0.1, -0.05) is 24.3 Å². The highest BCUT2D eigenvalue weighted by Crippen LogP contribution is 2.30. The quantitative estimate of drug-likeness (QED) is 0.733. The predicted molar refractivity (Wildman–Crippen MR) is 93.1 cm³/mol. The monoisotopic (exact) mass is 378 g/mol. The van der Waals surface area contributed by atoms with Crippen LogP contribution in [0.15, 0.2) is 57.7 Å². The molecule has 1 N–H and O–H groups in total. The zero-order chi connectivity index (χ0) is 19.6. The number of aromatic nitrogens is 1. The maximum atomic E-state index is 12.8. The lowest BCUT2D eigenvalue weighted by Gasteiger charge is -2.16. The fraction of sp³-hybridized carbons (Fsp3) is 0.263. The summed E-state index contributed by atoms with van der Waals surface area (Å²) in [6, 6.07) is 11.1. The zero-order valence-corrected chi connectivity index (χ0v) is 14.4. The number of rotatable bonds is 5. The van der Waals surface area contributed by atoms with Crippen molar-refractivity contribution in [2.75, 3.05) is 0 Å². The van der Waals surface area contributed by atoms with Gasteiger partial charge in [0.2, 0.25) is 5.91 Å². The molecule has 27 heavy (non-hydrogen) atoms. The Morgan fingerprint density at radius 3 is 2.67 bits per heavy atom. The molecule has 5 nitrogen and oxygen atoms in total. The summed E-state index contributed by atoms with van der Waals surface area (Å²) in [6.45, 7) is 1.71. The second-order valence-corrected chi connectivity index (χ2v) is 6.15. The number of oxazole rings is 1. The Hall–Kier alpha value is -3.03. The molecule has 0 bridgehead atoms. The molecule has 0 aliphatic carbocycles. The number of hydrogen-bond donors (Lipinski definition) is 1. The Bertz CT molecular complexity index is 1020. The summed E-state index contributed by atoms with van der Waals surface area (Å²) in [7, 11) is 0. The molecule has 0 aliphatic rings. The molecule has 3 aromatic rings. The number of halogens is 3. The number of carbonyl (C=O) groups is 1. The summed E-state index contributed by atoms with van der Waals surface area (Å²) in [4.78, 5) is 24.1. The van der Waals surface area contributed by atoms with E-state index in [1.807, 2.05) is 0 Å². The minimum atomic E-state index is -4.44.